The molecule has 1 amide bonds. The first kappa shape index (κ1) is 14.5. The van der Waals surface area contributed by atoms with Crippen molar-refractivity contribution in [2.24, 2.45) is 0 Å². The van der Waals surface area contributed by atoms with Gasteiger partial charge in [0.25, 0.3) is 0 Å². The highest BCUT2D eigenvalue weighted by Gasteiger charge is 2.21. The Kier molecular flexibility index (Phi) is 4.88. The van der Waals surface area contributed by atoms with Gasteiger partial charge in [-0.05, 0) is 17.5 Å². The van der Waals surface area contributed by atoms with E-state index in [1.165, 1.54) is 37.1 Å². The Bertz CT molecular complexity index is 483. The highest BCUT2D eigenvalue weighted by Crippen LogP contribution is 2.26. The maximum absolute atomic E-state index is 12.0. The third-order valence-corrected chi connectivity index (χ3v) is 4.59. The monoisotopic (exact) mass is 289 g/mol. The minimum absolute atomic E-state index is 0.0121. The van der Waals surface area contributed by atoms with Gasteiger partial charge in [0.1, 0.15) is 6.10 Å². The molecule has 0 aliphatic carbocycles. The lowest BCUT2D eigenvalue weighted by Gasteiger charge is -2.26. The summed E-state index contributed by atoms with van der Waals surface area (Å²) < 4.78 is 5.81. The van der Waals surface area contributed by atoms with Crippen molar-refractivity contribution in [1.29, 1.82) is 0 Å². The molecule has 3 rings (SSSR count). The Morgan fingerprint density at radius 1 is 1.29 bits per heavy atom. The van der Waals surface area contributed by atoms with Crippen LogP contribution in [0.3, 0.4) is 0 Å². The number of likely N-dealkylation sites (tertiary alicyclic amines) is 1. The number of hydrogen-bond acceptors (Lipinski definition) is 2. The molecule has 1 atom stereocenters. The van der Waals surface area contributed by atoms with Crippen molar-refractivity contribution < 1.29 is 14.4 Å². The topological polar surface area (TPSA) is 42.8 Å². The molecule has 0 spiro atoms. The van der Waals surface area contributed by atoms with Gasteiger partial charge in [-0.2, -0.15) is 0 Å². The zero-order valence-electron chi connectivity index (χ0n) is 12.6. The van der Waals surface area contributed by atoms with E-state index in [-0.39, 0.29) is 12.0 Å². The van der Waals surface area contributed by atoms with Crippen LogP contribution in [-0.2, 0) is 16.0 Å². The van der Waals surface area contributed by atoms with Crippen LogP contribution in [0.5, 0.6) is 0 Å². The number of carbonyl (C=O) groups is 1. The van der Waals surface area contributed by atoms with Gasteiger partial charge in [-0.15, -0.1) is 0 Å². The minimum Gasteiger partial charge on any atom is -0.371 e. The fraction of sp³-hybridized carbons (Fsp3) is 0.588. The number of nitrogens with one attached hydrogen (secondary N) is 2. The molecule has 0 bridgehead atoms. The number of hydrogen-bond donors (Lipinski definition) is 2. The number of benzene rings is 1. The summed E-state index contributed by atoms with van der Waals surface area (Å²) in [4.78, 5) is 13.5. The first-order chi connectivity index (χ1) is 10.3. The van der Waals surface area contributed by atoms with Crippen LogP contribution in [0, 0.1) is 0 Å². The van der Waals surface area contributed by atoms with E-state index in [1.54, 1.807) is 4.90 Å². The van der Waals surface area contributed by atoms with Crippen LogP contribution in [0.4, 0.5) is 0 Å². The van der Waals surface area contributed by atoms with Gasteiger partial charge in [-0.3, -0.25) is 4.79 Å². The standard InChI is InChI=1S/C17H24N2O2/c20-17(7-11-19-9-3-4-10-19)18-13-16-15-6-2-1-5-14(15)8-12-21-16/h1-2,5-6,16H,3-4,7-13H2,(H,18,20)/p+1. The summed E-state index contributed by atoms with van der Waals surface area (Å²) in [5, 5.41) is 3.04. The largest absolute Gasteiger partial charge is 0.371 e. The number of amides is 1. The van der Waals surface area contributed by atoms with Crippen molar-refractivity contribution in [3.05, 3.63) is 35.4 Å². The molecule has 0 radical (unpaired) electrons. The number of ether oxygens (including phenoxy) is 1. The van der Waals surface area contributed by atoms with Crippen molar-refractivity contribution in [3.63, 3.8) is 0 Å². The minimum atomic E-state index is 0.0121. The molecule has 1 aromatic rings. The molecular weight excluding hydrogens is 264 g/mol. The molecule has 2 N–H and O–H groups in total. The highest BCUT2D eigenvalue weighted by molar-refractivity contribution is 5.75. The molecule has 1 fully saturated rings. The average Bonchev–Trinajstić information content (AvgIpc) is 3.04. The van der Waals surface area contributed by atoms with Gasteiger partial charge in [0, 0.05) is 19.4 Å². The van der Waals surface area contributed by atoms with Gasteiger partial charge in [0.15, 0.2) is 0 Å². The third-order valence-electron chi connectivity index (χ3n) is 4.59. The van der Waals surface area contributed by atoms with Gasteiger partial charge in [-0.25, -0.2) is 0 Å². The van der Waals surface area contributed by atoms with E-state index in [0.717, 1.165) is 19.6 Å². The zero-order valence-corrected chi connectivity index (χ0v) is 12.6. The van der Waals surface area contributed by atoms with E-state index in [2.05, 4.69) is 23.5 Å². The maximum Gasteiger partial charge on any atom is 0.225 e. The molecule has 21 heavy (non-hydrogen) atoms. The second-order valence-corrected chi connectivity index (χ2v) is 6.07. The lowest BCUT2D eigenvalue weighted by atomic mass is 9.97. The predicted octanol–water partition coefficient (Wildman–Crippen LogP) is 0.485. The summed E-state index contributed by atoms with van der Waals surface area (Å²) in [6.45, 7) is 4.76. The number of fused-ring (bicyclic) bond motifs is 1. The third kappa shape index (κ3) is 3.83. The number of rotatable bonds is 5. The Morgan fingerprint density at radius 3 is 2.95 bits per heavy atom. The van der Waals surface area contributed by atoms with Crippen molar-refractivity contribution in [2.75, 3.05) is 32.8 Å². The molecule has 1 saturated heterocycles. The quantitative estimate of drug-likeness (QED) is 0.828. The number of quaternary nitrogens is 1. The first-order valence-electron chi connectivity index (χ1n) is 8.12. The van der Waals surface area contributed by atoms with Gasteiger partial charge in [0.05, 0.1) is 32.7 Å². The van der Waals surface area contributed by atoms with Crippen LogP contribution in [0.2, 0.25) is 0 Å². The van der Waals surface area contributed by atoms with E-state index in [9.17, 15) is 4.79 Å². The van der Waals surface area contributed by atoms with E-state index in [4.69, 9.17) is 4.74 Å². The molecule has 2 aliphatic heterocycles. The van der Waals surface area contributed by atoms with Gasteiger partial charge in [-0.1, -0.05) is 24.3 Å². The van der Waals surface area contributed by atoms with Gasteiger partial charge in [0.2, 0.25) is 5.91 Å². The Morgan fingerprint density at radius 2 is 2.10 bits per heavy atom. The lowest BCUT2D eigenvalue weighted by Crippen LogP contribution is -3.10. The Balaban J connectivity index is 1.45. The maximum atomic E-state index is 12.0. The molecule has 4 nitrogen and oxygen atoms in total. The molecule has 1 aromatic carbocycles. The lowest BCUT2D eigenvalue weighted by molar-refractivity contribution is -0.886. The van der Waals surface area contributed by atoms with E-state index in [0.29, 0.717) is 13.0 Å². The van der Waals surface area contributed by atoms with Gasteiger partial charge >= 0.3 is 0 Å². The molecule has 4 heteroatoms. The molecule has 0 aromatic heterocycles. The second kappa shape index (κ2) is 7.05. The van der Waals surface area contributed by atoms with E-state index >= 15 is 0 Å². The number of carbonyl (C=O) groups excluding carboxylic acids is 1. The smallest absolute Gasteiger partial charge is 0.225 e. The average molecular weight is 289 g/mol. The molecule has 2 aliphatic rings. The predicted molar refractivity (Wildman–Crippen MR) is 81.3 cm³/mol. The fourth-order valence-electron chi connectivity index (χ4n) is 3.36. The van der Waals surface area contributed by atoms with E-state index < -0.39 is 0 Å². The summed E-state index contributed by atoms with van der Waals surface area (Å²) >= 11 is 0. The summed E-state index contributed by atoms with van der Waals surface area (Å²) in [5.41, 5.74) is 2.58. The Labute approximate surface area is 126 Å². The van der Waals surface area contributed by atoms with Crippen molar-refractivity contribution >= 4 is 5.91 Å². The summed E-state index contributed by atoms with van der Waals surface area (Å²) in [6, 6.07) is 8.38. The van der Waals surface area contributed by atoms with Crippen LogP contribution >= 0.6 is 0 Å². The van der Waals surface area contributed by atoms with Crippen molar-refractivity contribution in [1.82, 2.24) is 5.32 Å². The highest BCUT2D eigenvalue weighted by atomic mass is 16.5. The zero-order chi connectivity index (χ0) is 14.5. The van der Waals surface area contributed by atoms with Gasteiger partial charge < -0.3 is 15.0 Å². The van der Waals surface area contributed by atoms with Crippen LogP contribution in [0.15, 0.2) is 24.3 Å². The van der Waals surface area contributed by atoms with E-state index in [1.807, 2.05) is 6.07 Å². The second-order valence-electron chi connectivity index (χ2n) is 6.07. The summed E-state index contributed by atoms with van der Waals surface area (Å²) in [7, 11) is 0. The van der Waals surface area contributed by atoms with Crippen molar-refractivity contribution in [2.45, 2.75) is 31.8 Å². The first-order valence-corrected chi connectivity index (χ1v) is 8.12. The van der Waals surface area contributed by atoms with Crippen LogP contribution in [-0.4, -0.2) is 38.7 Å². The molecule has 2 heterocycles. The normalized spacial score (nSPS) is 22.0. The van der Waals surface area contributed by atoms with Crippen LogP contribution in [0.25, 0.3) is 0 Å². The molecule has 0 saturated carbocycles. The SMILES string of the molecule is O=C(CC[NH+]1CCCC1)NCC1OCCc2ccccc21. The molecular formula is C17H25N2O2+. The molecule has 114 valence electrons. The van der Waals surface area contributed by atoms with Crippen molar-refractivity contribution in [3.8, 4) is 0 Å². The fourth-order valence-corrected chi connectivity index (χ4v) is 3.36. The summed E-state index contributed by atoms with van der Waals surface area (Å²) in [5.74, 6) is 0.154. The summed E-state index contributed by atoms with van der Waals surface area (Å²) in [6.07, 6.45) is 4.23. The Hall–Kier alpha value is -1.39. The van der Waals surface area contributed by atoms with Crippen LogP contribution in [0.1, 0.15) is 36.5 Å². The van der Waals surface area contributed by atoms with Crippen LogP contribution < -0.4 is 10.2 Å². The molecule has 1 unspecified atom stereocenters.